The fourth-order valence-electron chi connectivity index (χ4n) is 3.59. The maximum absolute atomic E-state index is 12.3. The Kier molecular flexibility index (Phi) is 5.35. The molecule has 1 N–H and O–H groups in total. The summed E-state index contributed by atoms with van der Waals surface area (Å²) in [5.74, 6) is 0.587. The van der Waals surface area contributed by atoms with Crippen LogP contribution in [-0.4, -0.2) is 16.0 Å². The summed E-state index contributed by atoms with van der Waals surface area (Å²) in [5, 5.41) is 0.785. The van der Waals surface area contributed by atoms with Gasteiger partial charge in [0.1, 0.15) is 5.78 Å². The lowest BCUT2D eigenvalue weighted by Crippen LogP contribution is -2.13. The zero-order chi connectivity index (χ0) is 18.8. The molecule has 3 nitrogen and oxygen atoms in total. The predicted octanol–water partition coefficient (Wildman–Crippen LogP) is 4.99. The number of aromatic amines is 1. The molecule has 1 aromatic carbocycles. The smallest absolute Gasteiger partial charge is 0.251 e. The van der Waals surface area contributed by atoms with Crippen molar-refractivity contribution in [2.75, 3.05) is 0 Å². The number of carbonyl (C=O) groups excluding carboxylic acids is 1. The highest BCUT2D eigenvalue weighted by atomic mass is 32.2. The second kappa shape index (κ2) is 7.89. The van der Waals surface area contributed by atoms with E-state index in [9.17, 15) is 9.59 Å². The molecule has 0 saturated heterocycles. The van der Waals surface area contributed by atoms with Crippen LogP contribution in [0.4, 0.5) is 0 Å². The molecule has 0 radical (unpaired) electrons. The number of ketones is 1. The van der Waals surface area contributed by atoms with E-state index in [-0.39, 0.29) is 11.5 Å². The van der Waals surface area contributed by atoms with Crippen molar-refractivity contribution in [1.29, 1.82) is 0 Å². The summed E-state index contributed by atoms with van der Waals surface area (Å²) in [6.07, 6.45) is 7.71. The van der Waals surface area contributed by atoms with E-state index in [0.29, 0.717) is 18.6 Å². The first-order chi connectivity index (χ1) is 13.1. The minimum Gasteiger partial charge on any atom is -0.322 e. The van der Waals surface area contributed by atoms with E-state index in [1.807, 2.05) is 30.8 Å². The normalized spacial score (nSPS) is 20.3. The Morgan fingerprint density at radius 1 is 1.11 bits per heavy atom. The van der Waals surface area contributed by atoms with Crippen LogP contribution < -0.4 is 5.56 Å². The number of hydrogen-bond donors (Lipinski definition) is 1. The molecule has 4 heteroatoms. The number of H-pyrrole nitrogens is 1. The molecule has 2 aromatic rings. The maximum atomic E-state index is 12.3. The molecular weight excluding hydrogens is 354 g/mol. The van der Waals surface area contributed by atoms with Gasteiger partial charge in [-0.2, -0.15) is 0 Å². The first-order valence-corrected chi connectivity index (χ1v) is 10.7. The van der Waals surface area contributed by atoms with Crippen LogP contribution in [-0.2, 0) is 11.2 Å². The Morgan fingerprint density at radius 3 is 2.48 bits per heavy atom. The Balaban J connectivity index is 1.69. The summed E-state index contributed by atoms with van der Waals surface area (Å²) in [6.45, 7) is 1.99. The third-order valence-electron chi connectivity index (χ3n) is 5.34. The van der Waals surface area contributed by atoms with Crippen molar-refractivity contribution in [1.82, 2.24) is 4.98 Å². The summed E-state index contributed by atoms with van der Waals surface area (Å²) in [5.41, 5.74) is 3.72. The molecule has 1 heterocycles. The van der Waals surface area contributed by atoms with Gasteiger partial charge in [0, 0.05) is 39.8 Å². The van der Waals surface area contributed by atoms with Gasteiger partial charge in [0.2, 0.25) is 0 Å². The van der Waals surface area contributed by atoms with Crippen molar-refractivity contribution in [3.05, 3.63) is 69.6 Å². The van der Waals surface area contributed by atoms with E-state index in [1.165, 1.54) is 17.7 Å². The number of rotatable bonds is 6. The average Bonchev–Trinajstić information content (AvgIpc) is 3.39. The predicted molar refractivity (Wildman–Crippen MR) is 111 cm³/mol. The molecule has 0 aliphatic heterocycles. The van der Waals surface area contributed by atoms with E-state index >= 15 is 0 Å². The standard InChI is InChI=1S/C23H25NO2S/c1-2-16-6-12-22(24-23(16)26)21(14-15-3-7-18(25)13-15)17-4-8-19(9-5-17)27-20-10-11-20/h4-6,8-9,12,14-15,20H,2-3,7,10-11,13H2,1H3,(H,24,26)/b21-14+/t15-/m0/s1. The third-order valence-corrected chi connectivity index (χ3v) is 6.69. The number of pyridine rings is 1. The van der Waals surface area contributed by atoms with Crippen LogP contribution in [0.2, 0.25) is 0 Å². The monoisotopic (exact) mass is 379 g/mol. The lowest BCUT2D eigenvalue weighted by molar-refractivity contribution is -0.117. The molecule has 140 valence electrons. The van der Waals surface area contributed by atoms with E-state index in [2.05, 4.69) is 35.3 Å². The molecule has 2 aliphatic rings. The number of allylic oxidation sites excluding steroid dienone is 1. The number of hydrogen-bond acceptors (Lipinski definition) is 3. The SMILES string of the molecule is CCc1ccc(/C(=C/[C@H]2CCC(=O)C2)c2ccc(SC3CC3)cc2)[nH]c1=O. The van der Waals surface area contributed by atoms with Crippen LogP contribution in [0.25, 0.3) is 5.57 Å². The minimum absolute atomic E-state index is 0.0238. The molecule has 27 heavy (non-hydrogen) atoms. The minimum atomic E-state index is -0.0238. The average molecular weight is 380 g/mol. The van der Waals surface area contributed by atoms with Gasteiger partial charge in [0.25, 0.3) is 5.56 Å². The first kappa shape index (κ1) is 18.3. The lowest BCUT2D eigenvalue weighted by Gasteiger charge is -2.13. The van der Waals surface area contributed by atoms with Gasteiger partial charge in [-0.05, 0) is 55.4 Å². The number of thioether (sulfide) groups is 1. The summed E-state index contributed by atoms with van der Waals surface area (Å²) in [6, 6.07) is 12.5. The van der Waals surface area contributed by atoms with Crippen molar-refractivity contribution >= 4 is 23.1 Å². The van der Waals surface area contributed by atoms with Gasteiger partial charge in [0.15, 0.2) is 0 Å². The first-order valence-electron chi connectivity index (χ1n) is 9.85. The van der Waals surface area contributed by atoms with Crippen LogP contribution in [0.15, 0.2) is 52.2 Å². The largest absolute Gasteiger partial charge is 0.322 e. The third kappa shape index (κ3) is 4.44. The fourth-order valence-corrected chi connectivity index (χ4v) is 4.64. The van der Waals surface area contributed by atoms with Gasteiger partial charge < -0.3 is 4.98 Å². The number of carbonyl (C=O) groups is 1. The molecule has 0 bridgehead atoms. The van der Waals surface area contributed by atoms with Gasteiger partial charge in [0.05, 0.1) is 0 Å². The van der Waals surface area contributed by atoms with Crippen molar-refractivity contribution in [2.24, 2.45) is 5.92 Å². The summed E-state index contributed by atoms with van der Waals surface area (Å²) >= 11 is 1.94. The molecule has 4 rings (SSSR count). The molecule has 2 fully saturated rings. The van der Waals surface area contributed by atoms with Crippen molar-refractivity contribution in [2.45, 2.75) is 55.6 Å². The van der Waals surface area contributed by atoms with E-state index in [1.54, 1.807) is 0 Å². The molecule has 1 aromatic heterocycles. The molecule has 2 saturated carbocycles. The lowest BCUT2D eigenvalue weighted by atomic mass is 9.95. The maximum Gasteiger partial charge on any atom is 0.251 e. The zero-order valence-corrected chi connectivity index (χ0v) is 16.5. The van der Waals surface area contributed by atoms with E-state index < -0.39 is 0 Å². The van der Waals surface area contributed by atoms with Crippen LogP contribution >= 0.6 is 11.8 Å². The molecular formula is C23H25NO2S. The van der Waals surface area contributed by atoms with Gasteiger partial charge in [-0.15, -0.1) is 11.8 Å². The van der Waals surface area contributed by atoms with Crippen LogP contribution in [0.3, 0.4) is 0 Å². The topological polar surface area (TPSA) is 49.9 Å². The van der Waals surface area contributed by atoms with Crippen molar-refractivity contribution in [3.63, 3.8) is 0 Å². The summed E-state index contributed by atoms with van der Waals surface area (Å²) < 4.78 is 0. The fraction of sp³-hybridized carbons (Fsp3) is 0.391. The molecule has 0 spiro atoms. The quantitative estimate of drug-likeness (QED) is 0.769. The zero-order valence-electron chi connectivity index (χ0n) is 15.7. The van der Waals surface area contributed by atoms with Crippen LogP contribution in [0.1, 0.15) is 55.8 Å². The van der Waals surface area contributed by atoms with E-state index in [0.717, 1.165) is 40.5 Å². The highest BCUT2D eigenvalue weighted by molar-refractivity contribution is 8.00. The Morgan fingerprint density at radius 2 is 1.89 bits per heavy atom. The Labute approximate surface area is 164 Å². The second-order valence-corrected chi connectivity index (χ2v) is 8.92. The number of nitrogens with one attached hydrogen (secondary N) is 1. The highest BCUT2D eigenvalue weighted by Crippen LogP contribution is 2.39. The van der Waals surface area contributed by atoms with Gasteiger partial charge in [-0.1, -0.05) is 31.2 Å². The van der Waals surface area contributed by atoms with Gasteiger partial charge in [-0.25, -0.2) is 0 Å². The molecule has 2 aliphatic carbocycles. The Hall–Kier alpha value is -2.07. The number of Topliss-reactive ketones (excluding diaryl/α,β-unsaturated/α-hetero) is 1. The van der Waals surface area contributed by atoms with Gasteiger partial charge >= 0.3 is 0 Å². The summed E-state index contributed by atoms with van der Waals surface area (Å²) in [4.78, 5) is 28.4. The van der Waals surface area contributed by atoms with E-state index in [4.69, 9.17) is 0 Å². The van der Waals surface area contributed by atoms with Crippen molar-refractivity contribution in [3.8, 4) is 0 Å². The second-order valence-electron chi connectivity index (χ2n) is 7.54. The number of aryl methyl sites for hydroxylation is 1. The Bertz CT molecular complexity index is 922. The molecule has 0 amide bonds. The van der Waals surface area contributed by atoms with Crippen molar-refractivity contribution < 1.29 is 4.79 Å². The number of benzene rings is 1. The van der Waals surface area contributed by atoms with Crippen LogP contribution in [0.5, 0.6) is 0 Å². The summed E-state index contributed by atoms with van der Waals surface area (Å²) in [7, 11) is 0. The molecule has 1 atom stereocenters. The van der Waals surface area contributed by atoms with Crippen LogP contribution in [0, 0.1) is 5.92 Å². The molecule has 0 unspecified atom stereocenters. The number of aromatic nitrogens is 1. The highest BCUT2D eigenvalue weighted by Gasteiger charge is 2.23. The van der Waals surface area contributed by atoms with Gasteiger partial charge in [-0.3, -0.25) is 9.59 Å².